The molecule has 0 spiro atoms. The lowest BCUT2D eigenvalue weighted by Gasteiger charge is -2.15. The third-order valence-electron chi connectivity index (χ3n) is 3.77. The van der Waals surface area contributed by atoms with Crippen LogP contribution in [0.3, 0.4) is 0 Å². The van der Waals surface area contributed by atoms with Gasteiger partial charge in [-0.05, 0) is 49.8 Å². The third-order valence-corrected chi connectivity index (χ3v) is 4.06. The SMILES string of the molecule is Cc1ccc(NC(=O)[C@H](C)n2c(=S)[nH]c3ccccc3c2=O)nc1. The summed E-state index contributed by atoms with van der Waals surface area (Å²) in [6.07, 6.45) is 1.66. The lowest BCUT2D eigenvalue weighted by molar-refractivity contribution is -0.118. The number of anilines is 1. The van der Waals surface area contributed by atoms with E-state index in [1.165, 1.54) is 4.57 Å². The zero-order valence-corrected chi connectivity index (χ0v) is 14.1. The Morgan fingerprint density at radius 3 is 2.75 bits per heavy atom. The number of aromatic amines is 1. The van der Waals surface area contributed by atoms with E-state index in [4.69, 9.17) is 12.2 Å². The second-order valence-corrected chi connectivity index (χ2v) is 5.92. The molecule has 1 aromatic carbocycles. The fraction of sp³-hybridized carbons (Fsp3) is 0.176. The number of fused-ring (bicyclic) bond motifs is 1. The topological polar surface area (TPSA) is 79.8 Å². The van der Waals surface area contributed by atoms with Crippen LogP contribution in [-0.2, 0) is 4.79 Å². The number of carbonyl (C=O) groups excluding carboxylic acids is 1. The van der Waals surface area contributed by atoms with Crippen molar-refractivity contribution in [2.24, 2.45) is 0 Å². The van der Waals surface area contributed by atoms with E-state index in [1.54, 1.807) is 37.4 Å². The van der Waals surface area contributed by atoms with Gasteiger partial charge >= 0.3 is 0 Å². The number of aryl methyl sites for hydroxylation is 1. The quantitative estimate of drug-likeness (QED) is 0.719. The molecule has 0 fully saturated rings. The molecule has 1 amide bonds. The van der Waals surface area contributed by atoms with E-state index < -0.39 is 6.04 Å². The maximum atomic E-state index is 12.7. The minimum absolute atomic E-state index is 0.207. The Morgan fingerprint density at radius 1 is 1.29 bits per heavy atom. The van der Waals surface area contributed by atoms with Crippen molar-refractivity contribution in [1.82, 2.24) is 14.5 Å². The van der Waals surface area contributed by atoms with Crippen LogP contribution in [0.1, 0.15) is 18.5 Å². The molecule has 0 aliphatic carbocycles. The molecule has 0 bridgehead atoms. The molecule has 0 saturated heterocycles. The molecular formula is C17H16N4O2S. The number of hydrogen-bond acceptors (Lipinski definition) is 4. The third kappa shape index (κ3) is 2.98. The smallest absolute Gasteiger partial charge is 0.262 e. The van der Waals surface area contributed by atoms with Gasteiger partial charge in [-0.2, -0.15) is 0 Å². The average Bonchev–Trinajstić information content (AvgIpc) is 2.56. The van der Waals surface area contributed by atoms with Crippen LogP contribution in [-0.4, -0.2) is 20.4 Å². The second-order valence-electron chi connectivity index (χ2n) is 5.54. The summed E-state index contributed by atoms with van der Waals surface area (Å²) >= 11 is 5.26. The molecule has 0 radical (unpaired) electrons. The van der Waals surface area contributed by atoms with Crippen LogP contribution in [0.4, 0.5) is 5.82 Å². The first-order valence-electron chi connectivity index (χ1n) is 7.44. The van der Waals surface area contributed by atoms with E-state index in [1.807, 2.05) is 19.1 Å². The first kappa shape index (κ1) is 16.1. The Hall–Kier alpha value is -2.80. The number of pyridine rings is 1. The molecule has 3 rings (SSSR count). The number of para-hydroxylation sites is 1. The van der Waals surface area contributed by atoms with E-state index in [0.29, 0.717) is 16.7 Å². The van der Waals surface area contributed by atoms with Gasteiger partial charge in [-0.25, -0.2) is 4.98 Å². The molecule has 0 aliphatic rings. The number of hydrogen-bond donors (Lipinski definition) is 2. The molecular weight excluding hydrogens is 324 g/mol. The number of nitrogens with one attached hydrogen (secondary N) is 2. The van der Waals surface area contributed by atoms with Crippen LogP contribution in [0.25, 0.3) is 10.9 Å². The summed E-state index contributed by atoms with van der Waals surface area (Å²) in [6.45, 7) is 3.54. The van der Waals surface area contributed by atoms with Gasteiger partial charge in [-0.15, -0.1) is 0 Å². The first-order valence-corrected chi connectivity index (χ1v) is 7.85. The van der Waals surface area contributed by atoms with Crippen molar-refractivity contribution in [3.63, 3.8) is 0 Å². The molecule has 0 aliphatic heterocycles. The molecule has 2 heterocycles. The Bertz CT molecular complexity index is 1020. The Labute approximate surface area is 143 Å². The highest BCUT2D eigenvalue weighted by Crippen LogP contribution is 2.12. The summed E-state index contributed by atoms with van der Waals surface area (Å²) in [6, 6.07) is 9.85. The minimum atomic E-state index is -0.769. The van der Waals surface area contributed by atoms with Crippen molar-refractivity contribution in [1.29, 1.82) is 0 Å². The predicted molar refractivity (Wildman–Crippen MR) is 95.7 cm³/mol. The van der Waals surface area contributed by atoms with Gasteiger partial charge in [0.2, 0.25) is 5.91 Å². The van der Waals surface area contributed by atoms with Gasteiger partial charge in [0.25, 0.3) is 5.56 Å². The van der Waals surface area contributed by atoms with Gasteiger partial charge in [0.05, 0.1) is 10.9 Å². The van der Waals surface area contributed by atoms with Gasteiger partial charge in [0, 0.05) is 6.20 Å². The first-order chi connectivity index (χ1) is 11.5. The zero-order chi connectivity index (χ0) is 17.3. The van der Waals surface area contributed by atoms with Crippen molar-refractivity contribution < 1.29 is 4.79 Å². The molecule has 1 atom stereocenters. The average molecular weight is 340 g/mol. The lowest BCUT2D eigenvalue weighted by atomic mass is 10.2. The van der Waals surface area contributed by atoms with E-state index in [9.17, 15) is 9.59 Å². The monoisotopic (exact) mass is 340 g/mol. The van der Waals surface area contributed by atoms with E-state index in [2.05, 4.69) is 15.3 Å². The van der Waals surface area contributed by atoms with Crippen molar-refractivity contribution >= 4 is 34.8 Å². The number of nitrogens with zero attached hydrogens (tertiary/aromatic N) is 2. The molecule has 122 valence electrons. The summed E-state index contributed by atoms with van der Waals surface area (Å²) in [7, 11) is 0. The summed E-state index contributed by atoms with van der Waals surface area (Å²) < 4.78 is 1.49. The predicted octanol–water partition coefficient (Wildman–Crippen LogP) is 2.96. The maximum Gasteiger partial charge on any atom is 0.262 e. The highest BCUT2D eigenvalue weighted by atomic mass is 32.1. The Balaban J connectivity index is 1.97. The minimum Gasteiger partial charge on any atom is -0.332 e. The number of aromatic nitrogens is 3. The largest absolute Gasteiger partial charge is 0.332 e. The molecule has 6 nitrogen and oxygen atoms in total. The fourth-order valence-corrected chi connectivity index (χ4v) is 2.77. The zero-order valence-electron chi connectivity index (χ0n) is 13.2. The van der Waals surface area contributed by atoms with Crippen molar-refractivity contribution in [3.05, 3.63) is 63.3 Å². The lowest BCUT2D eigenvalue weighted by Crippen LogP contribution is -2.33. The molecule has 2 aromatic heterocycles. The number of benzene rings is 1. The van der Waals surface area contributed by atoms with Gasteiger partial charge < -0.3 is 10.3 Å². The van der Waals surface area contributed by atoms with Crippen LogP contribution < -0.4 is 10.9 Å². The molecule has 0 unspecified atom stereocenters. The van der Waals surface area contributed by atoms with Gasteiger partial charge in [0.1, 0.15) is 11.9 Å². The summed E-state index contributed by atoms with van der Waals surface area (Å²) in [5.74, 6) is 0.0735. The standard InChI is InChI=1S/C17H16N4O2S/c1-10-7-8-14(18-9-10)20-15(22)11(2)21-16(23)12-5-3-4-6-13(12)19-17(21)24/h3-9,11H,1-2H3,(H,19,24)(H,18,20,22)/t11-/m0/s1. The van der Waals surface area contributed by atoms with Crippen LogP contribution >= 0.6 is 12.2 Å². The summed E-state index contributed by atoms with van der Waals surface area (Å²) in [5, 5.41) is 3.19. The van der Waals surface area contributed by atoms with Crippen LogP contribution in [0, 0.1) is 11.7 Å². The van der Waals surface area contributed by atoms with E-state index >= 15 is 0 Å². The molecule has 2 N–H and O–H groups in total. The van der Waals surface area contributed by atoms with Gasteiger partial charge in [-0.1, -0.05) is 18.2 Å². The fourth-order valence-electron chi connectivity index (χ4n) is 2.42. The second kappa shape index (κ2) is 6.37. The van der Waals surface area contributed by atoms with Gasteiger partial charge in [-0.3, -0.25) is 14.2 Å². The molecule has 0 saturated carbocycles. The van der Waals surface area contributed by atoms with E-state index in [-0.39, 0.29) is 16.2 Å². The highest BCUT2D eigenvalue weighted by molar-refractivity contribution is 7.71. The van der Waals surface area contributed by atoms with Crippen LogP contribution in [0.5, 0.6) is 0 Å². The van der Waals surface area contributed by atoms with Crippen LogP contribution in [0.2, 0.25) is 0 Å². The molecule has 7 heteroatoms. The van der Waals surface area contributed by atoms with Crippen molar-refractivity contribution in [3.8, 4) is 0 Å². The number of amides is 1. The summed E-state index contributed by atoms with van der Waals surface area (Å²) in [5.41, 5.74) is 1.35. The van der Waals surface area contributed by atoms with E-state index in [0.717, 1.165) is 5.56 Å². The van der Waals surface area contributed by atoms with Crippen molar-refractivity contribution in [2.45, 2.75) is 19.9 Å². The number of rotatable bonds is 3. The number of H-pyrrole nitrogens is 1. The Morgan fingerprint density at radius 2 is 2.04 bits per heavy atom. The molecule has 24 heavy (non-hydrogen) atoms. The Kier molecular flexibility index (Phi) is 4.26. The number of carbonyl (C=O) groups is 1. The van der Waals surface area contributed by atoms with Crippen LogP contribution in [0.15, 0.2) is 47.4 Å². The highest BCUT2D eigenvalue weighted by Gasteiger charge is 2.19. The maximum absolute atomic E-state index is 12.7. The normalized spacial score (nSPS) is 12.1. The summed E-state index contributed by atoms with van der Waals surface area (Å²) in [4.78, 5) is 32.3. The van der Waals surface area contributed by atoms with Gasteiger partial charge in [0.15, 0.2) is 4.77 Å². The molecule has 3 aromatic rings. The van der Waals surface area contributed by atoms with Crippen molar-refractivity contribution in [2.75, 3.05) is 5.32 Å².